The molecule has 1 fully saturated rings. The van der Waals surface area contributed by atoms with Gasteiger partial charge in [-0.25, -0.2) is 4.79 Å². The minimum Gasteiger partial charge on any atom is -0.497 e. The van der Waals surface area contributed by atoms with Crippen molar-refractivity contribution in [2.45, 2.75) is 50.5 Å². The number of benzene rings is 6. The first-order valence-electron chi connectivity index (χ1n) is 16.6. The number of carbonyl (C=O) groups is 3. The van der Waals surface area contributed by atoms with Crippen LogP contribution in [0.3, 0.4) is 0 Å². The molecule has 0 radical (unpaired) electrons. The summed E-state index contributed by atoms with van der Waals surface area (Å²) < 4.78 is 11.2. The highest BCUT2D eigenvalue weighted by Crippen LogP contribution is 2.46. The summed E-state index contributed by atoms with van der Waals surface area (Å²) in [4.78, 5) is 40.8. The summed E-state index contributed by atoms with van der Waals surface area (Å²) in [5.41, 5.74) is 1.57. The number of aliphatic hydroxyl groups is 1. The number of imide groups is 1. The molecule has 8 nitrogen and oxygen atoms in total. The number of ether oxygens (including phenoxy) is 2. The van der Waals surface area contributed by atoms with Crippen LogP contribution in [0.25, 0.3) is 32.3 Å². The molecule has 1 unspecified atom stereocenters. The zero-order chi connectivity index (χ0) is 34.1. The molecule has 2 amide bonds. The van der Waals surface area contributed by atoms with Crippen LogP contribution in [0.1, 0.15) is 60.8 Å². The third kappa shape index (κ3) is 5.82. The van der Waals surface area contributed by atoms with Crippen LogP contribution in [0.4, 0.5) is 0 Å². The van der Waals surface area contributed by atoms with Crippen LogP contribution >= 0.6 is 0 Å². The minimum absolute atomic E-state index is 0.0665. The average molecular weight is 656 g/mol. The Balaban J connectivity index is 1.23. The molecule has 7 rings (SSSR count). The van der Waals surface area contributed by atoms with E-state index in [2.05, 4.69) is 48.5 Å². The van der Waals surface area contributed by atoms with Crippen LogP contribution in [-0.2, 0) is 31.2 Å². The summed E-state index contributed by atoms with van der Waals surface area (Å²) in [7, 11) is 3.25. The summed E-state index contributed by atoms with van der Waals surface area (Å²) in [6, 6.07) is 32.3. The van der Waals surface area contributed by atoms with Gasteiger partial charge in [0.1, 0.15) is 17.1 Å². The Morgan fingerprint density at radius 1 is 0.735 bits per heavy atom. The third-order valence-corrected chi connectivity index (χ3v) is 9.63. The van der Waals surface area contributed by atoms with Crippen molar-refractivity contribution in [3.63, 3.8) is 0 Å². The highest BCUT2D eigenvalue weighted by molar-refractivity contribution is 6.24. The summed E-state index contributed by atoms with van der Waals surface area (Å²) >= 11 is 0. The van der Waals surface area contributed by atoms with Crippen LogP contribution in [0.2, 0.25) is 0 Å². The molecule has 6 aromatic carbocycles. The van der Waals surface area contributed by atoms with Gasteiger partial charge >= 0.3 is 5.97 Å². The lowest BCUT2D eigenvalue weighted by Crippen LogP contribution is -2.31. The molecular weight excluding hydrogens is 618 g/mol. The maximum Gasteiger partial charge on any atom is 0.333 e. The Labute approximate surface area is 284 Å². The fourth-order valence-electron chi connectivity index (χ4n) is 7.14. The van der Waals surface area contributed by atoms with E-state index < -0.39 is 23.4 Å². The van der Waals surface area contributed by atoms with Gasteiger partial charge in [0.15, 0.2) is 0 Å². The average Bonchev–Trinajstić information content (AvgIpc) is 3.45. The van der Waals surface area contributed by atoms with Crippen LogP contribution in [0, 0.1) is 0 Å². The summed E-state index contributed by atoms with van der Waals surface area (Å²) in [6.07, 6.45) is 2.86. The van der Waals surface area contributed by atoms with Crippen LogP contribution in [0.15, 0.2) is 97.1 Å². The first kappa shape index (κ1) is 32.1. The smallest absolute Gasteiger partial charge is 0.333 e. The van der Waals surface area contributed by atoms with Crippen molar-refractivity contribution >= 4 is 50.1 Å². The van der Waals surface area contributed by atoms with Crippen molar-refractivity contribution in [2.75, 3.05) is 14.2 Å². The van der Waals surface area contributed by atoms with E-state index in [-0.39, 0.29) is 19.3 Å². The number of nitrogens with zero attached hydrogens (tertiary/aromatic N) is 1. The van der Waals surface area contributed by atoms with Crippen molar-refractivity contribution < 1.29 is 33.8 Å². The molecule has 248 valence electrons. The topological polar surface area (TPSA) is 102 Å². The van der Waals surface area contributed by atoms with Gasteiger partial charge in [-0.1, -0.05) is 73.2 Å². The fraction of sp³-hybridized carbons (Fsp3) is 0.244. The van der Waals surface area contributed by atoms with Gasteiger partial charge in [0.2, 0.25) is 0 Å². The number of hydroxylamine groups is 2. The zero-order valence-electron chi connectivity index (χ0n) is 27.5. The van der Waals surface area contributed by atoms with E-state index in [9.17, 15) is 19.5 Å². The highest BCUT2D eigenvalue weighted by Gasteiger charge is 2.37. The number of hydrogen-bond donors (Lipinski definition) is 1. The molecule has 6 aromatic rings. The van der Waals surface area contributed by atoms with E-state index in [4.69, 9.17) is 14.3 Å². The number of carbonyl (C=O) groups excluding carboxylic acids is 3. The lowest BCUT2D eigenvalue weighted by atomic mass is 9.76. The van der Waals surface area contributed by atoms with Gasteiger partial charge in [-0.15, -0.1) is 5.06 Å². The van der Waals surface area contributed by atoms with Crippen LogP contribution in [0.5, 0.6) is 11.5 Å². The first-order valence-corrected chi connectivity index (χ1v) is 16.6. The van der Waals surface area contributed by atoms with Gasteiger partial charge in [0.05, 0.1) is 14.2 Å². The fourth-order valence-corrected chi connectivity index (χ4v) is 7.14. The molecule has 1 saturated heterocycles. The monoisotopic (exact) mass is 655 g/mol. The van der Waals surface area contributed by atoms with Crippen LogP contribution in [-0.4, -0.2) is 42.2 Å². The maximum absolute atomic E-state index is 13.2. The maximum atomic E-state index is 13.2. The SMILES string of the molecule is COc1ccc(C(O)(c2ccc(OC)c(CCCCCC(=O)ON3C(=O)CCC3=O)c2)c2cc3cccc4ccc5cccc2c5c43)cc1. The van der Waals surface area contributed by atoms with Crippen molar-refractivity contribution in [3.8, 4) is 11.5 Å². The van der Waals surface area contributed by atoms with E-state index in [1.165, 1.54) is 5.39 Å². The van der Waals surface area contributed by atoms with Crippen molar-refractivity contribution in [1.29, 1.82) is 0 Å². The largest absolute Gasteiger partial charge is 0.497 e. The quantitative estimate of drug-likeness (QED) is 0.0627. The van der Waals surface area contributed by atoms with E-state index in [1.54, 1.807) is 14.2 Å². The summed E-state index contributed by atoms with van der Waals surface area (Å²) in [6.45, 7) is 0. The van der Waals surface area contributed by atoms with Gasteiger partial charge < -0.3 is 19.4 Å². The second-order valence-corrected chi connectivity index (χ2v) is 12.5. The van der Waals surface area contributed by atoms with E-state index in [0.717, 1.165) is 44.5 Å². The molecule has 1 heterocycles. The van der Waals surface area contributed by atoms with Gasteiger partial charge in [-0.2, -0.15) is 0 Å². The van der Waals surface area contributed by atoms with E-state index in [1.807, 2.05) is 48.5 Å². The normalized spacial score (nSPS) is 14.6. The van der Waals surface area contributed by atoms with E-state index in [0.29, 0.717) is 47.0 Å². The summed E-state index contributed by atoms with van der Waals surface area (Å²) in [5, 5.41) is 20.4. The van der Waals surface area contributed by atoms with Gasteiger partial charge in [-0.05, 0) is 98.6 Å². The first-order chi connectivity index (χ1) is 23.8. The number of methoxy groups -OCH3 is 2. The molecule has 8 heteroatoms. The Kier molecular flexibility index (Phi) is 8.65. The molecule has 0 spiro atoms. The van der Waals surface area contributed by atoms with Gasteiger partial charge in [0.25, 0.3) is 11.8 Å². The Morgan fingerprint density at radius 3 is 2.12 bits per heavy atom. The highest BCUT2D eigenvalue weighted by atomic mass is 16.7. The van der Waals surface area contributed by atoms with E-state index >= 15 is 0 Å². The Morgan fingerprint density at radius 2 is 1.41 bits per heavy atom. The molecule has 1 atom stereocenters. The molecule has 0 bridgehead atoms. The molecule has 49 heavy (non-hydrogen) atoms. The molecule has 0 saturated carbocycles. The second kappa shape index (κ2) is 13.2. The standard InChI is InChI=1S/C41H37NO7/c1-47-32-19-16-30(17-20-32)41(46,34-25-29-11-6-9-26-14-15-27-10-7-12-33(34)40(27)39(26)29)31-18-21-35(48-2)28(24-31)8-4-3-5-13-38(45)49-42-36(43)22-23-37(42)44/h6-7,9-12,14-21,24-25,46H,3-5,8,13,22-23H2,1-2H3. The van der Waals surface area contributed by atoms with Crippen molar-refractivity contribution in [3.05, 3.63) is 119 Å². The number of amides is 2. The lowest BCUT2D eigenvalue weighted by molar-refractivity contribution is -0.197. The number of aryl methyl sites for hydroxylation is 1. The molecule has 0 aliphatic carbocycles. The molecule has 0 aromatic heterocycles. The van der Waals surface area contributed by atoms with Gasteiger partial charge in [0, 0.05) is 24.8 Å². The second-order valence-electron chi connectivity index (χ2n) is 12.5. The predicted octanol–water partition coefficient (Wildman–Crippen LogP) is 7.60. The number of hydrogen-bond acceptors (Lipinski definition) is 7. The van der Waals surface area contributed by atoms with Crippen LogP contribution < -0.4 is 9.47 Å². The number of unbranched alkanes of at least 4 members (excludes halogenated alkanes) is 2. The van der Waals surface area contributed by atoms with Gasteiger partial charge in [-0.3, -0.25) is 9.59 Å². The molecule has 1 aliphatic rings. The Hall–Kier alpha value is -5.47. The Bertz CT molecular complexity index is 2180. The molecule has 1 N–H and O–H groups in total. The van der Waals surface area contributed by atoms with Crippen molar-refractivity contribution in [1.82, 2.24) is 5.06 Å². The summed E-state index contributed by atoms with van der Waals surface area (Å²) in [5.74, 6) is -0.162. The molecular formula is C41H37NO7. The lowest BCUT2D eigenvalue weighted by Gasteiger charge is -2.33. The molecule has 1 aliphatic heterocycles. The van der Waals surface area contributed by atoms with Crippen molar-refractivity contribution in [2.24, 2.45) is 0 Å². The third-order valence-electron chi connectivity index (χ3n) is 9.63. The predicted molar refractivity (Wildman–Crippen MR) is 188 cm³/mol. The number of rotatable bonds is 12. The minimum atomic E-state index is -1.54. The zero-order valence-corrected chi connectivity index (χ0v) is 27.5.